The zero-order valence-corrected chi connectivity index (χ0v) is 12.0. The Hall–Kier alpha value is -1.09. The van der Waals surface area contributed by atoms with E-state index in [0.717, 1.165) is 30.6 Å². The Kier molecular flexibility index (Phi) is 6.13. The van der Waals surface area contributed by atoms with Crippen molar-refractivity contribution in [3.05, 3.63) is 29.6 Å². The summed E-state index contributed by atoms with van der Waals surface area (Å²) >= 11 is 0. The van der Waals surface area contributed by atoms with Gasteiger partial charge in [0.15, 0.2) is 0 Å². The van der Waals surface area contributed by atoms with Crippen molar-refractivity contribution < 1.29 is 4.39 Å². The van der Waals surface area contributed by atoms with Crippen LogP contribution in [0.15, 0.2) is 18.2 Å². The van der Waals surface area contributed by atoms with Gasteiger partial charge in [-0.1, -0.05) is 26.8 Å². The van der Waals surface area contributed by atoms with E-state index < -0.39 is 0 Å². The van der Waals surface area contributed by atoms with E-state index in [4.69, 9.17) is 0 Å². The van der Waals surface area contributed by atoms with Gasteiger partial charge in [-0.05, 0) is 31.5 Å². The van der Waals surface area contributed by atoms with Crippen LogP contribution in [0.4, 0.5) is 10.1 Å². The van der Waals surface area contributed by atoms with E-state index in [0.29, 0.717) is 12.6 Å². The number of anilines is 1. The number of halogens is 1. The van der Waals surface area contributed by atoms with Gasteiger partial charge >= 0.3 is 0 Å². The first-order chi connectivity index (χ1) is 8.65. The van der Waals surface area contributed by atoms with Crippen LogP contribution < -0.4 is 10.2 Å². The first kappa shape index (κ1) is 15.0. The topological polar surface area (TPSA) is 15.3 Å². The Bertz CT molecular complexity index is 362. The molecule has 0 aliphatic heterocycles. The van der Waals surface area contributed by atoms with Crippen LogP contribution >= 0.6 is 0 Å². The zero-order chi connectivity index (χ0) is 13.5. The van der Waals surface area contributed by atoms with Crippen molar-refractivity contribution in [1.29, 1.82) is 0 Å². The number of benzene rings is 1. The molecular weight excluding hydrogens is 227 g/mol. The van der Waals surface area contributed by atoms with Gasteiger partial charge in [-0.2, -0.15) is 0 Å². The lowest BCUT2D eigenvalue weighted by molar-refractivity contribution is 0.570. The van der Waals surface area contributed by atoms with E-state index >= 15 is 0 Å². The zero-order valence-electron chi connectivity index (χ0n) is 12.0. The highest BCUT2D eigenvalue weighted by molar-refractivity contribution is 5.54. The molecule has 2 nitrogen and oxygen atoms in total. The van der Waals surface area contributed by atoms with Gasteiger partial charge in [-0.3, -0.25) is 0 Å². The molecule has 0 aliphatic carbocycles. The van der Waals surface area contributed by atoms with Gasteiger partial charge in [0.1, 0.15) is 5.82 Å². The average molecular weight is 252 g/mol. The van der Waals surface area contributed by atoms with Gasteiger partial charge in [0.25, 0.3) is 0 Å². The highest BCUT2D eigenvalue weighted by Crippen LogP contribution is 2.25. The molecule has 0 unspecified atom stereocenters. The smallest absolute Gasteiger partial charge is 0.129 e. The molecule has 0 atom stereocenters. The van der Waals surface area contributed by atoms with Crippen LogP contribution in [0.2, 0.25) is 0 Å². The van der Waals surface area contributed by atoms with Crippen molar-refractivity contribution in [2.24, 2.45) is 0 Å². The Balaban J connectivity index is 3.02. The lowest BCUT2D eigenvalue weighted by Gasteiger charge is -2.30. The number of nitrogens with one attached hydrogen (secondary N) is 1. The minimum atomic E-state index is -0.119. The summed E-state index contributed by atoms with van der Waals surface area (Å²) in [6.45, 7) is 7.82. The summed E-state index contributed by atoms with van der Waals surface area (Å²) in [6.07, 6.45) is 2.15. The third-order valence-corrected chi connectivity index (χ3v) is 3.52. The van der Waals surface area contributed by atoms with Crippen LogP contribution in [0.3, 0.4) is 0 Å². The number of rotatable bonds is 7. The summed E-state index contributed by atoms with van der Waals surface area (Å²) < 4.78 is 13.9. The molecule has 0 spiro atoms. The highest BCUT2D eigenvalue weighted by atomic mass is 19.1. The van der Waals surface area contributed by atoms with Crippen LogP contribution in [0.25, 0.3) is 0 Å². The van der Waals surface area contributed by atoms with Crippen LogP contribution in [0.5, 0.6) is 0 Å². The Morgan fingerprint density at radius 3 is 2.44 bits per heavy atom. The first-order valence-electron chi connectivity index (χ1n) is 6.86. The summed E-state index contributed by atoms with van der Waals surface area (Å²) in [5, 5.41) is 3.21. The molecule has 0 fully saturated rings. The molecule has 0 aromatic heterocycles. The van der Waals surface area contributed by atoms with Gasteiger partial charge in [0.05, 0.1) is 0 Å². The second-order valence-electron chi connectivity index (χ2n) is 4.60. The van der Waals surface area contributed by atoms with Crippen molar-refractivity contribution in [2.75, 3.05) is 18.5 Å². The molecule has 1 N–H and O–H groups in total. The van der Waals surface area contributed by atoms with E-state index in [2.05, 4.69) is 31.1 Å². The fourth-order valence-electron chi connectivity index (χ4n) is 2.34. The summed E-state index contributed by atoms with van der Waals surface area (Å²) in [6, 6.07) is 5.80. The predicted molar refractivity (Wildman–Crippen MR) is 76.6 cm³/mol. The molecule has 18 heavy (non-hydrogen) atoms. The van der Waals surface area contributed by atoms with Crippen molar-refractivity contribution in [3.8, 4) is 0 Å². The Morgan fingerprint density at radius 1 is 1.22 bits per heavy atom. The van der Waals surface area contributed by atoms with Crippen molar-refractivity contribution >= 4 is 5.69 Å². The van der Waals surface area contributed by atoms with Crippen LogP contribution in [-0.4, -0.2) is 19.6 Å². The van der Waals surface area contributed by atoms with Crippen LogP contribution in [-0.2, 0) is 6.54 Å². The maximum Gasteiger partial charge on any atom is 0.129 e. The van der Waals surface area contributed by atoms with E-state index in [9.17, 15) is 4.39 Å². The second-order valence-corrected chi connectivity index (χ2v) is 4.60. The maximum absolute atomic E-state index is 13.9. The third-order valence-electron chi connectivity index (χ3n) is 3.52. The molecule has 102 valence electrons. The van der Waals surface area contributed by atoms with Gasteiger partial charge in [-0.25, -0.2) is 4.39 Å². The fraction of sp³-hybridized carbons (Fsp3) is 0.600. The lowest BCUT2D eigenvalue weighted by Crippen LogP contribution is -2.32. The summed E-state index contributed by atoms with van der Waals surface area (Å²) in [5.74, 6) is -0.119. The number of hydrogen-bond acceptors (Lipinski definition) is 2. The Morgan fingerprint density at radius 2 is 1.89 bits per heavy atom. The van der Waals surface area contributed by atoms with E-state index in [1.165, 1.54) is 6.07 Å². The molecule has 0 amide bonds. The molecule has 1 aromatic rings. The minimum absolute atomic E-state index is 0.119. The predicted octanol–water partition coefficient (Wildman–Crippen LogP) is 3.56. The second kappa shape index (κ2) is 7.37. The molecule has 3 heteroatoms. The average Bonchev–Trinajstić information content (AvgIpc) is 2.38. The van der Waals surface area contributed by atoms with E-state index in [-0.39, 0.29) is 5.82 Å². The number of hydrogen-bond donors (Lipinski definition) is 1. The minimum Gasteiger partial charge on any atom is -0.371 e. The molecule has 0 radical (unpaired) electrons. The largest absolute Gasteiger partial charge is 0.371 e. The third kappa shape index (κ3) is 3.45. The van der Waals surface area contributed by atoms with Crippen molar-refractivity contribution in [3.63, 3.8) is 0 Å². The quantitative estimate of drug-likeness (QED) is 0.798. The molecular formula is C15H25FN2. The Labute approximate surface area is 110 Å². The summed E-state index contributed by atoms with van der Waals surface area (Å²) in [7, 11) is 2.06. The molecule has 0 saturated carbocycles. The van der Waals surface area contributed by atoms with Crippen LogP contribution in [0.1, 0.15) is 39.2 Å². The molecule has 0 aliphatic rings. The standard InChI is InChI=1S/C15H25FN2/c1-5-12(6-2)18(4)15-10-8-9-14(16)13(15)11-17-7-3/h8-10,12,17H,5-7,11H2,1-4H3. The molecule has 0 bridgehead atoms. The first-order valence-corrected chi connectivity index (χ1v) is 6.86. The monoisotopic (exact) mass is 252 g/mol. The highest BCUT2D eigenvalue weighted by Gasteiger charge is 2.16. The molecule has 1 rings (SSSR count). The van der Waals surface area contributed by atoms with Crippen molar-refractivity contribution in [1.82, 2.24) is 5.32 Å². The SMILES string of the molecule is CCNCc1c(F)cccc1N(C)C(CC)CC. The van der Waals surface area contributed by atoms with E-state index in [1.807, 2.05) is 13.0 Å². The summed E-state index contributed by atoms with van der Waals surface area (Å²) in [5.41, 5.74) is 1.78. The molecule has 0 heterocycles. The van der Waals surface area contributed by atoms with Gasteiger partial charge in [0.2, 0.25) is 0 Å². The normalized spacial score (nSPS) is 11.0. The lowest BCUT2D eigenvalue weighted by atomic mass is 10.1. The maximum atomic E-state index is 13.9. The van der Waals surface area contributed by atoms with Gasteiger partial charge < -0.3 is 10.2 Å². The summed E-state index contributed by atoms with van der Waals surface area (Å²) in [4.78, 5) is 2.20. The number of nitrogens with zero attached hydrogens (tertiary/aromatic N) is 1. The van der Waals surface area contributed by atoms with Crippen molar-refractivity contribution in [2.45, 2.75) is 46.2 Å². The fourth-order valence-corrected chi connectivity index (χ4v) is 2.34. The molecule has 1 aromatic carbocycles. The van der Waals surface area contributed by atoms with E-state index in [1.54, 1.807) is 6.07 Å². The van der Waals surface area contributed by atoms with Crippen LogP contribution in [0, 0.1) is 5.82 Å². The van der Waals surface area contributed by atoms with Gasteiger partial charge in [0, 0.05) is 30.9 Å². The van der Waals surface area contributed by atoms with Gasteiger partial charge in [-0.15, -0.1) is 0 Å². The molecule has 0 saturated heterocycles.